The number of likely N-dealkylation sites (tertiary alicyclic amines) is 1. The molecule has 2 heterocycles. The fourth-order valence-electron chi connectivity index (χ4n) is 4.67. The van der Waals surface area contributed by atoms with Gasteiger partial charge in [0.05, 0.1) is 11.4 Å². The number of ether oxygens (including phenoxy) is 1. The maximum atomic E-state index is 6.11. The Morgan fingerprint density at radius 1 is 0.806 bits per heavy atom. The van der Waals surface area contributed by atoms with Gasteiger partial charge >= 0.3 is 0 Å². The third kappa shape index (κ3) is 4.70. The van der Waals surface area contributed by atoms with Gasteiger partial charge < -0.3 is 19.9 Å². The molecule has 0 aliphatic carbocycles. The molecule has 0 aromatic heterocycles. The summed E-state index contributed by atoms with van der Waals surface area (Å²) in [6, 6.07) is 27.5. The van der Waals surface area contributed by atoms with Crippen molar-refractivity contribution in [1.82, 2.24) is 4.90 Å². The molecule has 2 aliphatic rings. The molecule has 0 amide bonds. The molecule has 3 aromatic carbocycles. The summed E-state index contributed by atoms with van der Waals surface area (Å²) < 4.78 is 6.11. The molecule has 3 aromatic rings. The Hall–Kier alpha value is -2.98. The average Bonchev–Trinajstić information content (AvgIpc) is 3.22. The predicted molar refractivity (Wildman–Crippen MR) is 128 cm³/mol. The lowest BCUT2D eigenvalue weighted by molar-refractivity contribution is 0.232. The van der Waals surface area contributed by atoms with Crippen molar-refractivity contribution < 1.29 is 4.74 Å². The number of piperidine rings is 1. The maximum absolute atomic E-state index is 6.11. The zero-order valence-electron chi connectivity index (χ0n) is 18.0. The van der Waals surface area contributed by atoms with Crippen LogP contribution >= 0.6 is 0 Å². The van der Waals surface area contributed by atoms with E-state index in [0.717, 1.165) is 18.8 Å². The number of benzene rings is 3. The van der Waals surface area contributed by atoms with E-state index in [2.05, 4.69) is 81.8 Å². The van der Waals surface area contributed by atoms with Gasteiger partial charge in [-0.25, -0.2) is 0 Å². The van der Waals surface area contributed by atoms with E-state index in [4.69, 9.17) is 4.74 Å². The number of rotatable bonds is 7. The predicted octanol–water partition coefficient (Wildman–Crippen LogP) is 5.68. The molecule has 1 fully saturated rings. The highest BCUT2D eigenvalue weighted by molar-refractivity contribution is 5.76. The summed E-state index contributed by atoms with van der Waals surface area (Å²) in [4.78, 5) is 5.13. The van der Waals surface area contributed by atoms with Crippen LogP contribution in [0.1, 0.15) is 36.6 Å². The van der Waals surface area contributed by atoms with E-state index in [1.54, 1.807) is 0 Å². The molecule has 4 heteroatoms. The molecule has 0 radical (unpaired) electrons. The number of hydrogen-bond donors (Lipinski definition) is 1. The average molecular weight is 414 g/mol. The van der Waals surface area contributed by atoms with E-state index in [1.807, 2.05) is 12.1 Å². The van der Waals surface area contributed by atoms with Gasteiger partial charge in [-0.15, -0.1) is 0 Å². The van der Waals surface area contributed by atoms with Crippen LogP contribution in [0.25, 0.3) is 0 Å². The molecule has 2 aliphatic heterocycles. The molecule has 160 valence electrons. The summed E-state index contributed by atoms with van der Waals surface area (Å²) in [5.74, 6) is 0.912. The van der Waals surface area contributed by atoms with E-state index in [-0.39, 0.29) is 6.17 Å². The van der Waals surface area contributed by atoms with Crippen molar-refractivity contribution in [1.29, 1.82) is 0 Å². The normalized spacial score (nSPS) is 18.5. The molecule has 0 spiro atoms. The summed E-state index contributed by atoms with van der Waals surface area (Å²) in [7, 11) is 0. The summed E-state index contributed by atoms with van der Waals surface area (Å²) >= 11 is 0. The zero-order valence-corrected chi connectivity index (χ0v) is 18.0. The lowest BCUT2D eigenvalue weighted by Gasteiger charge is -2.32. The number of hydrogen-bond acceptors (Lipinski definition) is 4. The molecule has 5 rings (SSSR count). The molecular weight excluding hydrogens is 382 g/mol. The second kappa shape index (κ2) is 9.44. The third-order valence-electron chi connectivity index (χ3n) is 6.35. The van der Waals surface area contributed by atoms with Gasteiger partial charge in [0.1, 0.15) is 18.5 Å². The fourth-order valence-corrected chi connectivity index (χ4v) is 4.67. The van der Waals surface area contributed by atoms with Gasteiger partial charge in [0, 0.05) is 13.1 Å². The minimum atomic E-state index is 0.127. The summed E-state index contributed by atoms with van der Waals surface area (Å²) in [6.07, 6.45) is 4.17. The Bertz CT molecular complexity index is 985. The molecule has 1 saturated heterocycles. The summed E-state index contributed by atoms with van der Waals surface area (Å²) in [5.41, 5.74) is 4.92. The number of para-hydroxylation sites is 2. The van der Waals surface area contributed by atoms with E-state index in [0.29, 0.717) is 6.61 Å². The second-order valence-corrected chi connectivity index (χ2v) is 8.51. The van der Waals surface area contributed by atoms with Crippen LogP contribution in [-0.2, 0) is 6.61 Å². The van der Waals surface area contributed by atoms with Crippen LogP contribution in [0.15, 0.2) is 78.9 Å². The molecule has 1 unspecified atom stereocenters. The molecular formula is C27H31N3O. The number of fused-ring (bicyclic) bond motifs is 1. The van der Waals surface area contributed by atoms with Gasteiger partial charge in [-0.05, 0) is 61.3 Å². The van der Waals surface area contributed by atoms with Crippen LogP contribution < -0.4 is 15.0 Å². The first-order valence-electron chi connectivity index (χ1n) is 11.5. The van der Waals surface area contributed by atoms with Gasteiger partial charge in [0.2, 0.25) is 0 Å². The molecule has 1 atom stereocenters. The Balaban J connectivity index is 1.32. The van der Waals surface area contributed by atoms with Crippen molar-refractivity contribution in [3.05, 3.63) is 90.0 Å². The van der Waals surface area contributed by atoms with E-state index in [1.165, 1.54) is 54.9 Å². The van der Waals surface area contributed by atoms with Gasteiger partial charge in [-0.1, -0.05) is 61.0 Å². The minimum absolute atomic E-state index is 0.127. The maximum Gasteiger partial charge on any atom is 0.126 e. The monoisotopic (exact) mass is 413 g/mol. The SMILES string of the molecule is c1ccc(COc2cccc(C3Nc4ccccc4N3CCN3CCCCC3)c2)cc1. The van der Waals surface area contributed by atoms with Crippen LogP contribution in [0, 0.1) is 0 Å². The zero-order chi connectivity index (χ0) is 20.9. The van der Waals surface area contributed by atoms with Gasteiger partial charge in [-0.3, -0.25) is 0 Å². The quantitative estimate of drug-likeness (QED) is 0.539. The van der Waals surface area contributed by atoms with Crippen LogP contribution in [-0.4, -0.2) is 31.1 Å². The largest absolute Gasteiger partial charge is 0.489 e. The standard InChI is InChI=1S/C27H31N3O/c1-3-10-22(11-4-1)21-31-24-13-9-12-23(20-24)27-28-25-14-5-6-15-26(25)30(27)19-18-29-16-7-2-8-17-29/h1,3-6,9-15,20,27-28H,2,7-8,16-19,21H2. The first kappa shape index (κ1) is 20.0. The highest BCUT2D eigenvalue weighted by atomic mass is 16.5. The molecule has 4 nitrogen and oxygen atoms in total. The fraction of sp³-hybridized carbons (Fsp3) is 0.333. The summed E-state index contributed by atoms with van der Waals surface area (Å²) in [5, 5.41) is 3.74. The highest BCUT2D eigenvalue weighted by Crippen LogP contribution is 2.41. The Labute approximate surface area is 185 Å². The van der Waals surface area contributed by atoms with Crippen LogP contribution in [0.5, 0.6) is 5.75 Å². The topological polar surface area (TPSA) is 27.7 Å². The van der Waals surface area contributed by atoms with Crippen molar-refractivity contribution >= 4 is 11.4 Å². The second-order valence-electron chi connectivity index (χ2n) is 8.51. The van der Waals surface area contributed by atoms with E-state index >= 15 is 0 Å². The first-order valence-corrected chi connectivity index (χ1v) is 11.5. The minimum Gasteiger partial charge on any atom is -0.489 e. The van der Waals surface area contributed by atoms with Gasteiger partial charge in [0.25, 0.3) is 0 Å². The first-order chi connectivity index (χ1) is 15.4. The number of anilines is 2. The Kier molecular flexibility index (Phi) is 6.08. The van der Waals surface area contributed by atoms with Crippen LogP contribution in [0.2, 0.25) is 0 Å². The van der Waals surface area contributed by atoms with Crippen molar-refractivity contribution in [3.63, 3.8) is 0 Å². The molecule has 0 bridgehead atoms. The lowest BCUT2D eigenvalue weighted by atomic mass is 10.1. The summed E-state index contributed by atoms with van der Waals surface area (Å²) in [6.45, 7) is 5.18. The van der Waals surface area contributed by atoms with Crippen molar-refractivity contribution in [3.8, 4) is 5.75 Å². The lowest BCUT2D eigenvalue weighted by Crippen LogP contribution is -2.39. The molecule has 31 heavy (non-hydrogen) atoms. The van der Waals surface area contributed by atoms with Crippen molar-refractivity contribution in [2.24, 2.45) is 0 Å². The Morgan fingerprint density at radius 2 is 1.61 bits per heavy atom. The van der Waals surface area contributed by atoms with Crippen LogP contribution in [0.3, 0.4) is 0 Å². The number of nitrogens with zero attached hydrogens (tertiary/aromatic N) is 2. The van der Waals surface area contributed by atoms with Crippen molar-refractivity contribution in [2.45, 2.75) is 32.0 Å². The molecule has 0 saturated carbocycles. The molecule has 1 N–H and O–H groups in total. The number of nitrogens with one attached hydrogen (secondary N) is 1. The van der Waals surface area contributed by atoms with Crippen LogP contribution in [0.4, 0.5) is 11.4 Å². The van der Waals surface area contributed by atoms with Gasteiger partial charge in [-0.2, -0.15) is 0 Å². The Morgan fingerprint density at radius 3 is 2.48 bits per heavy atom. The van der Waals surface area contributed by atoms with Crippen molar-refractivity contribution in [2.75, 3.05) is 36.4 Å². The van der Waals surface area contributed by atoms with E-state index < -0.39 is 0 Å². The van der Waals surface area contributed by atoms with Gasteiger partial charge in [0.15, 0.2) is 0 Å². The smallest absolute Gasteiger partial charge is 0.126 e. The van der Waals surface area contributed by atoms with E-state index in [9.17, 15) is 0 Å². The third-order valence-corrected chi connectivity index (χ3v) is 6.35. The highest BCUT2D eigenvalue weighted by Gasteiger charge is 2.30.